The number of rotatable bonds is 6. The van der Waals surface area contributed by atoms with E-state index < -0.39 is 0 Å². The van der Waals surface area contributed by atoms with Crippen LogP contribution in [0.15, 0.2) is 29.1 Å². The normalized spacial score (nSPS) is 12.8. The largest absolute Gasteiger partial charge is 0.469 e. The molecular formula is C14H21N3O. The summed E-state index contributed by atoms with van der Waals surface area (Å²) in [5.41, 5.74) is 2.38. The lowest BCUT2D eigenvalue weighted by atomic mass is 10.0. The second-order valence-corrected chi connectivity index (χ2v) is 4.46. The van der Waals surface area contributed by atoms with Gasteiger partial charge in [-0.15, -0.1) is 0 Å². The van der Waals surface area contributed by atoms with Gasteiger partial charge in [0.25, 0.3) is 0 Å². The first-order chi connectivity index (χ1) is 8.76. The molecule has 0 fully saturated rings. The lowest BCUT2D eigenvalue weighted by Gasteiger charge is -2.15. The molecule has 2 aromatic rings. The van der Waals surface area contributed by atoms with Gasteiger partial charge in [0.05, 0.1) is 18.5 Å². The summed E-state index contributed by atoms with van der Waals surface area (Å²) in [6.45, 7) is 8.13. The number of aryl methyl sites for hydroxylation is 2. The van der Waals surface area contributed by atoms with Crippen molar-refractivity contribution >= 4 is 0 Å². The van der Waals surface area contributed by atoms with Gasteiger partial charge in [0.2, 0.25) is 0 Å². The van der Waals surface area contributed by atoms with Crippen molar-refractivity contribution in [3.05, 3.63) is 41.6 Å². The molecule has 2 heterocycles. The first-order valence-electron chi connectivity index (χ1n) is 6.56. The quantitative estimate of drug-likeness (QED) is 0.853. The van der Waals surface area contributed by atoms with Gasteiger partial charge in [-0.05, 0) is 26.0 Å². The van der Waals surface area contributed by atoms with Gasteiger partial charge in [-0.1, -0.05) is 13.8 Å². The number of nitrogens with one attached hydrogen (secondary N) is 1. The molecule has 4 heteroatoms. The fourth-order valence-electron chi connectivity index (χ4n) is 2.19. The van der Waals surface area contributed by atoms with Crippen molar-refractivity contribution in [3.63, 3.8) is 0 Å². The SMILES string of the molecule is CCCn1cc(C(NCC)c2ccoc2C)cn1. The average Bonchev–Trinajstić information content (AvgIpc) is 2.96. The van der Waals surface area contributed by atoms with Crippen molar-refractivity contribution in [2.24, 2.45) is 0 Å². The van der Waals surface area contributed by atoms with Gasteiger partial charge in [-0.25, -0.2) is 0 Å². The second kappa shape index (κ2) is 5.87. The Labute approximate surface area is 108 Å². The molecule has 0 spiro atoms. The number of hydrogen-bond donors (Lipinski definition) is 1. The van der Waals surface area contributed by atoms with Crippen LogP contribution in [0, 0.1) is 6.92 Å². The van der Waals surface area contributed by atoms with E-state index in [1.165, 1.54) is 11.1 Å². The van der Waals surface area contributed by atoms with Crippen molar-refractivity contribution in [2.75, 3.05) is 6.54 Å². The molecule has 0 saturated carbocycles. The van der Waals surface area contributed by atoms with Gasteiger partial charge < -0.3 is 9.73 Å². The lowest BCUT2D eigenvalue weighted by molar-refractivity contribution is 0.519. The Hall–Kier alpha value is -1.55. The van der Waals surface area contributed by atoms with Crippen LogP contribution in [0.1, 0.15) is 43.2 Å². The standard InChI is InChI=1S/C14H21N3O/c1-4-7-17-10-12(9-16-17)14(15-5-2)13-6-8-18-11(13)3/h6,8-10,14-15H,4-5,7H2,1-3H3. The molecule has 0 aromatic carbocycles. The van der Waals surface area contributed by atoms with Crippen LogP contribution in [0.5, 0.6) is 0 Å². The molecule has 0 aliphatic heterocycles. The van der Waals surface area contributed by atoms with Crippen molar-refractivity contribution in [1.82, 2.24) is 15.1 Å². The Morgan fingerprint density at radius 3 is 2.89 bits per heavy atom. The molecule has 0 radical (unpaired) electrons. The summed E-state index contributed by atoms with van der Waals surface area (Å²) in [7, 11) is 0. The summed E-state index contributed by atoms with van der Waals surface area (Å²) in [5.74, 6) is 0.962. The molecule has 0 bridgehead atoms. The Bertz CT molecular complexity index is 487. The molecular weight excluding hydrogens is 226 g/mol. The highest BCUT2D eigenvalue weighted by Crippen LogP contribution is 2.25. The van der Waals surface area contributed by atoms with E-state index in [1.54, 1.807) is 6.26 Å². The molecule has 1 atom stereocenters. The van der Waals surface area contributed by atoms with E-state index in [2.05, 4.69) is 30.5 Å². The smallest absolute Gasteiger partial charge is 0.105 e. The third-order valence-electron chi connectivity index (χ3n) is 3.06. The Kier molecular flexibility index (Phi) is 4.20. The van der Waals surface area contributed by atoms with Gasteiger partial charge >= 0.3 is 0 Å². The average molecular weight is 247 g/mol. The highest BCUT2D eigenvalue weighted by molar-refractivity contribution is 5.30. The second-order valence-electron chi connectivity index (χ2n) is 4.46. The van der Waals surface area contributed by atoms with E-state index in [4.69, 9.17) is 4.42 Å². The van der Waals surface area contributed by atoms with Crippen molar-refractivity contribution in [2.45, 2.75) is 39.8 Å². The van der Waals surface area contributed by atoms with E-state index >= 15 is 0 Å². The van der Waals surface area contributed by atoms with Crippen LogP contribution in [-0.2, 0) is 6.54 Å². The third kappa shape index (κ3) is 2.64. The van der Waals surface area contributed by atoms with Gasteiger partial charge in [0.1, 0.15) is 5.76 Å². The van der Waals surface area contributed by atoms with Crippen molar-refractivity contribution in [1.29, 1.82) is 0 Å². The summed E-state index contributed by atoms with van der Waals surface area (Å²) in [4.78, 5) is 0. The summed E-state index contributed by atoms with van der Waals surface area (Å²) >= 11 is 0. The van der Waals surface area contributed by atoms with Crippen LogP contribution in [-0.4, -0.2) is 16.3 Å². The highest BCUT2D eigenvalue weighted by Gasteiger charge is 2.18. The molecule has 1 N–H and O–H groups in total. The Morgan fingerprint density at radius 1 is 1.44 bits per heavy atom. The fraction of sp³-hybridized carbons (Fsp3) is 0.500. The molecule has 0 aliphatic carbocycles. The zero-order valence-corrected chi connectivity index (χ0v) is 11.3. The van der Waals surface area contributed by atoms with Crippen LogP contribution in [0.2, 0.25) is 0 Å². The van der Waals surface area contributed by atoms with Crippen LogP contribution in [0.4, 0.5) is 0 Å². The zero-order chi connectivity index (χ0) is 13.0. The minimum absolute atomic E-state index is 0.166. The molecule has 18 heavy (non-hydrogen) atoms. The maximum atomic E-state index is 5.40. The Balaban J connectivity index is 2.26. The minimum Gasteiger partial charge on any atom is -0.469 e. The molecule has 2 aromatic heterocycles. The first-order valence-corrected chi connectivity index (χ1v) is 6.56. The summed E-state index contributed by atoms with van der Waals surface area (Å²) in [6, 6.07) is 2.19. The molecule has 0 aliphatic rings. The molecule has 0 saturated heterocycles. The van der Waals surface area contributed by atoms with Crippen LogP contribution in [0.3, 0.4) is 0 Å². The lowest BCUT2D eigenvalue weighted by Crippen LogP contribution is -2.21. The number of nitrogens with zero attached hydrogens (tertiary/aromatic N) is 2. The predicted octanol–water partition coefficient (Wildman–Crippen LogP) is 2.89. The fourth-order valence-corrected chi connectivity index (χ4v) is 2.19. The third-order valence-corrected chi connectivity index (χ3v) is 3.06. The van der Waals surface area contributed by atoms with Crippen LogP contribution >= 0.6 is 0 Å². The number of hydrogen-bond acceptors (Lipinski definition) is 3. The summed E-state index contributed by atoms with van der Waals surface area (Å²) in [6.07, 6.45) is 6.89. The molecule has 0 amide bonds. The molecule has 1 unspecified atom stereocenters. The van der Waals surface area contributed by atoms with Crippen LogP contribution < -0.4 is 5.32 Å². The van der Waals surface area contributed by atoms with E-state index in [9.17, 15) is 0 Å². The van der Waals surface area contributed by atoms with E-state index in [0.717, 1.165) is 25.3 Å². The van der Waals surface area contributed by atoms with E-state index in [0.29, 0.717) is 0 Å². The topological polar surface area (TPSA) is 43.0 Å². The first kappa shape index (κ1) is 12.9. The molecule has 2 rings (SSSR count). The minimum atomic E-state index is 0.166. The summed E-state index contributed by atoms with van der Waals surface area (Å²) < 4.78 is 7.40. The van der Waals surface area contributed by atoms with Gasteiger partial charge in [0, 0.05) is 23.9 Å². The van der Waals surface area contributed by atoms with Crippen molar-refractivity contribution in [3.8, 4) is 0 Å². The highest BCUT2D eigenvalue weighted by atomic mass is 16.3. The Morgan fingerprint density at radius 2 is 2.28 bits per heavy atom. The molecule has 98 valence electrons. The monoisotopic (exact) mass is 247 g/mol. The zero-order valence-electron chi connectivity index (χ0n) is 11.3. The predicted molar refractivity (Wildman–Crippen MR) is 71.5 cm³/mol. The maximum absolute atomic E-state index is 5.40. The van der Waals surface area contributed by atoms with Gasteiger partial charge in [-0.3, -0.25) is 4.68 Å². The van der Waals surface area contributed by atoms with Gasteiger partial charge in [-0.2, -0.15) is 5.10 Å². The van der Waals surface area contributed by atoms with Crippen molar-refractivity contribution < 1.29 is 4.42 Å². The van der Waals surface area contributed by atoms with E-state index in [-0.39, 0.29) is 6.04 Å². The number of furan rings is 1. The summed E-state index contributed by atoms with van der Waals surface area (Å²) in [5, 5.41) is 7.88. The van der Waals surface area contributed by atoms with Gasteiger partial charge in [0.15, 0.2) is 0 Å². The number of aromatic nitrogens is 2. The molecule has 4 nitrogen and oxygen atoms in total. The van der Waals surface area contributed by atoms with E-state index in [1.807, 2.05) is 23.9 Å². The van der Waals surface area contributed by atoms with Crippen LogP contribution in [0.25, 0.3) is 0 Å². The maximum Gasteiger partial charge on any atom is 0.105 e.